The predicted octanol–water partition coefficient (Wildman–Crippen LogP) is 2.35. The van der Waals surface area contributed by atoms with Crippen molar-refractivity contribution < 1.29 is 13.5 Å². The van der Waals surface area contributed by atoms with Gasteiger partial charge in [-0.25, -0.2) is 18.7 Å². The first-order chi connectivity index (χ1) is 11.7. The van der Waals surface area contributed by atoms with Crippen molar-refractivity contribution in [1.29, 1.82) is 0 Å². The fourth-order valence-corrected chi connectivity index (χ4v) is 2.65. The number of benzene rings is 1. The topological polar surface area (TPSA) is 41.5 Å². The van der Waals surface area contributed by atoms with Gasteiger partial charge < -0.3 is 9.64 Å². The second-order valence-electron chi connectivity index (χ2n) is 5.69. The Kier molecular flexibility index (Phi) is 5.53. The predicted molar refractivity (Wildman–Crippen MR) is 87.2 cm³/mol. The molecule has 1 aromatic heterocycles. The van der Waals surface area contributed by atoms with Crippen molar-refractivity contribution in [3.05, 3.63) is 48.3 Å². The summed E-state index contributed by atoms with van der Waals surface area (Å²) in [5.41, 5.74) is 0. The second-order valence-corrected chi connectivity index (χ2v) is 5.69. The maximum atomic E-state index is 12.8. The fraction of sp³-hybridized carbons (Fsp3) is 0.412. The molecular weight excluding hydrogens is 314 g/mol. The van der Waals surface area contributed by atoms with E-state index >= 15 is 0 Å². The van der Waals surface area contributed by atoms with Gasteiger partial charge in [-0.05, 0) is 30.7 Å². The molecule has 1 fully saturated rings. The standard InChI is InChI=1S/C17H20F2N4O/c18-14-2-4-16(5-3-14)24-11-1-6-22-7-9-23(10-8-22)17-20-12-15(19)13-21-17/h2-5,12-13H,1,6-11H2. The largest absolute Gasteiger partial charge is 0.494 e. The highest BCUT2D eigenvalue weighted by molar-refractivity contribution is 5.29. The zero-order valence-corrected chi connectivity index (χ0v) is 13.4. The van der Waals surface area contributed by atoms with Gasteiger partial charge in [0.1, 0.15) is 11.6 Å². The van der Waals surface area contributed by atoms with E-state index in [1.165, 1.54) is 24.5 Å². The number of nitrogens with zero attached hydrogens (tertiary/aromatic N) is 4. The Morgan fingerprint density at radius 1 is 0.917 bits per heavy atom. The molecule has 24 heavy (non-hydrogen) atoms. The van der Waals surface area contributed by atoms with Crippen LogP contribution in [0.25, 0.3) is 0 Å². The number of halogens is 2. The van der Waals surface area contributed by atoms with Crippen LogP contribution in [0.2, 0.25) is 0 Å². The summed E-state index contributed by atoms with van der Waals surface area (Å²) in [7, 11) is 0. The van der Waals surface area contributed by atoms with Gasteiger partial charge >= 0.3 is 0 Å². The molecule has 0 unspecified atom stereocenters. The molecule has 2 aromatic rings. The van der Waals surface area contributed by atoms with Crippen LogP contribution in [-0.4, -0.2) is 54.2 Å². The number of hydrogen-bond acceptors (Lipinski definition) is 5. The van der Waals surface area contributed by atoms with Crippen LogP contribution in [0.15, 0.2) is 36.7 Å². The zero-order chi connectivity index (χ0) is 16.8. The van der Waals surface area contributed by atoms with Crippen LogP contribution in [0.4, 0.5) is 14.7 Å². The first kappa shape index (κ1) is 16.6. The Morgan fingerprint density at radius 2 is 1.58 bits per heavy atom. The smallest absolute Gasteiger partial charge is 0.225 e. The van der Waals surface area contributed by atoms with Crippen molar-refractivity contribution in [2.75, 3.05) is 44.2 Å². The SMILES string of the molecule is Fc1ccc(OCCCN2CCN(c3ncc(F)cn3)CC2)cc1. The highest BCUT2D eigenvalue weighted by Crippen LogP contribution is 2.13. The molecule has 5 nitrogen and oxygen atoms in total. The lowest BCUT2D eigenvalue weighted by Gasteiger charge is -2.34. The lowest BCUT2D eigenvalue weighted by atomic mass is 10.3. The molecule has 1 aliphatic heterocycles. The molecular formula is C17H20F2N4O. The van der Waals surface area contributed by atoms with Crippen molar-refractivity contribution in [3.63, 3.8) is 0 Å². The third-order valence-corrected chi connectivity index (χ3v) is 3.96. The van der Waals surface area contributed by atoms with Gasteiger partial charge in [-0.3, -0.25) is 4.90 Å². The van der Waals surface area contributed by atoms with Gasteiger partial charge in [-0.2, -0.15) is 0 Å². The fourth-order valence-electron chi connectivity index (χ4n) is 2.65. The summed E-state index contributed by atoms with van der Waals surface area (Å²) in [4.78, 5) is 12.4. The molecule has 0 spiro atoms. The molecule has 0 amide bonds. The van der Waals surface area contributed by atoms with Gasteiger partial charge in [0.25, 0.3) is 0 Å². The first-order valence-corrected chi connectivity index (χ1v) is 8.04. The minimum atomic E-state index is -0.418. The minimum absolute atomic E-state index is 0.259. The number of aromatic nitrogens is 2. The second kappa shape index (κ2) is 8.01. The summed E-state index contributed by atoms with van der Waals surface area (Å²) < 4.78 is 31.2. The van der Waals surface area contributed by atoms with Crippen molar-refractivity contribution in [3.8, 4) is 5.75 Å². The molecule has 2 heterocycles. The van der Waals surface area contributed by atoms with Crippen molar-refractivity contribution in [1.82, 2.24) is 14.9 Å². The molecule has 3 rings (SSSR count). The maximum Gasteiger partial charge on any atom is 0.225 e. The maximum absolute atomic E-state index is 12.8. The van der Waals surface area contributed by atoms with Gasteiger partial charge in [0, 0.05) is 32.7 Å². The highest BCUT2D eigenvalue weighted by atomic mass is 19.1. The van der Waals surface area contributed by atoms with Crippen LogP contribution in [0.1, 0.15) is 6.42 Å². The number of anilines is 1. The molecule has 1 aliphatic rings. The lowest BCUT2D eigenvalue weighted by Crippen LogP contribution is -2.47. The quantitative estimate of drug-likeness (QED) is 0.759. The molecule has 0 atom stereocenters. The normalized spacial score (nSPS) is 15.5. The van der Waals surface area contributed by atoms with E-state index in [1.807, 2.05) is 0 Å². The van der Waals surface area contributed by atoms with E-state index in [4.69, 9.17) is 4.74 Å². The molecule has 1 aromatic carbocycles. The summed E-state index contributed by atoms with van der Waals surface area (Å²) in [5, 5.41) is 0. The molecule has 0 bridgehead atoms. The molecule has 7 heteroatoms. The summed E-state index contributed by atoms with van der Waals surface area (Å²) in [6.45, 7) is 5.02. The molecule has 1 saturated heterocycles. The van der Waals surface area contributed by atoms with Crippen molar-refractivity contribution >= 4 is 5.95 Å². The van der Waals surface area contributed by atoms with Crippen LogP contribution in [-0.2, 0) is 0 Å². The zero-order valence-electron chi connectivity index (χ0n) is 13.4. The van der Waals surface area contributed by atoms with Crippen LogP contribution >= 0.6 is 0 Å². The van der Waals surface area contributed by atoms with E-state index in [0.29, 0.717) is 18.3 Å². The highest BCUT2D eigenvalue weighted by Gasteiger charge is 2.18. The Bertz CT molecular complexity index is 628. The summed E-state index contributed by atoms with van der Waals surface area (Å²) in [6, 6.07) is 6.06. The monoisotopic (exact) mass is 334 g/mol. The number of piperazine rings is 1. The van der Waals surface area contributed by atoms with Gasteiger partial charge in [-0.1, -0.05) is 0 Å². The Morgan fingerprint density at radius 3 is 2.25 bits per heavy atom. The van der Waals surface area contributed by atoms with E-state index in [9.17, 15) is 8.78 Å². The van der Waals surface area contributed by atoms with Crippen LogP contribution in [0, 0.1) is 11.6 Å². The summed E-state index contributed by atoms with van der Waals surface area (Å²) in [5.74, 6) is 0.592. The third kappa shape index (κ3) is 4.61. The van der Waals surface area contributed by atoms with E-state index in [1.54, 1.807) is 12.1 Å². The van der Waals surface area contributed by atoms with Crippen LogP contribution in [0.5, 0.6) is 5.75 Å². The molecule has 0 N–H and O–H groups in total. The van der Waals surface area contributed by atoms with Gasteiger partial charge in [0.15, 0.2) is 5.82 Å². The Labute approximate surface area is 139 Å². The molecule has 0 aliphatic carbocycles. The number of hydrogen-bond donors (Lipinski definition) is 0. The van der Waals surface area contributed by atoms with E-state index in [-0.39, 0.29) is 5.82 Å². The number of ether oxygens (including phenoxy) is 1. The first-order valence-electron chi connectivity index (χ1n) is 8.04. The van der Waals surface area contributed by atoms with Gasteiger partial charge in [0.05, 0.1) is 19.0 Å². The Hall–Kier alpha value is -2.28. The van der Waals surface area contributed by atoms with Crippen molar-refractivity contribution in [2.24, 2.45) is 0 Å². The molecule has 0 saturated carbocycles. The third-order valence-electron chi connectivity index (χ3n) is 3.96. The molecule has 128 valence electrons. The van der Waals surface area contributed by atoms with Crippen molar-refractivity contribution in [2.45, 2.75) is 6.42 Å². The van der Waals surface area contributed by atoms with E-state index in [2.05, 4.69) is 19.8 Å². The average molecular weight is 334 g/mol. The van der Waals surface area contributed by atoms with Gasteiger partial charge in [0.2, 0.25) is 5.95 Å². The summed E-state index contributed by atoms with van der Waals surface area (Å²) in [6.07, 6.45) is 3.30. The van der Waals surface area contributed by atoms with Crippen LogP contribution < -0.4 is 9.64 Å². The average Bonchev–Trinajstić information content (AvgIpc) is 2.62. The van der Waals surface area contributed by atoms with Crippen LogP contribution in [0.3, 0.4) is 0 Å². The number of rotatable bonds is 6. The van der Waals surface area contributed by atoms with E-state index < -0.39 is 5.82 Å². The van der Waals surface area contributed by atoms with Gasteiger partial charge in [-0.15, -0.1) is 0 Å². The minimum Gasteiger partial charge on any atom is -0.494 e. The molecule has 0 radical (unpaired) electrons. The van der Waals surface area contributed by atoms with E-state index in [0.717, 1.165) is 39.1 Å². The Balaban J connectivity index is 1.35. The lowest BCUT2D eigenvalue weighted by molar-refractivity contribution is 0.224. The summed E-state index contributed by atoms with van der Waals surface area (Å²) >= 11 is 0.